The van der Waals surface area contributed by atoms with Crippen LogP contribution in [0, 0.1) is 46.3 Å². The summed E-state index contributed by atoms with van der Waals surface area (Å²) in [5.74, 6) is 0.506. The predicted molar refractivity (Wildman–Crippen MR) is 161 cm³/mol. The molecule has 4 fully saturated rings. The van der Waals surface area contributed by atoms with Gasteiger partial charge in [0, 0.05) is 12.5 Å². The van der Waals surface area contributed by atoms with E-state index in [0.717, 1.165) is 44.1 Å². The van der Waals surface area contributed by atoms with E-state index < -0.39 is 34.1 Å². The minimum absolute atomic E-state index is 0.0333. The summed E-state index contributed by atoms with van der Waals surface area (Å²) < 4.78 is 32.7. The zero-order valence-electron chi connectivity index (χ0n) is 25.4. The first-order valence-electron chi connectivity index (χ1n) is 16.0. The summed E-state index contributed by atoms with van der Waals surface area (Å²) in [6, 6.07) is 8.57. The molecule has 1 amide bonds. The molecule has 4 aliphatic rings. The maximum absolute atomic E-state index is 13.0. The molecule has 1 aromatic carbocycles. The van der Waals surface area contributed by atoms with Crippen molar-refractivity contribution < 1.29 is 33.1 Å². The molecule has 0 aromatic heterocycles. The van der Waals surface area contributed by atoms with Crippen molar-refractivity contribution in [3.05, 3.63) is 35.9 Å². The van der Waals surface area contributed by atoms with Crippen molar-refractivity contribution in [3.8, 4) is 0 Å². The van der Waals surface area contributed by atoms with Crippen LogP contribution in [0.5, 0.6) is 0 Å². The molecule has 4 aliphatic carbocycles. The van der Waals surface area contributed by atoms with E-state index in [0.29, 0.717) is 19.3 Å². The molecule has 5 rings (SSSR count). The molecule has 0 spiro atoms. The van der Waals surface area contributed by atoms with E-state index in [4.69, 9.17) is 0 Å². The average Bonchev–Trinajstić information content (AvgIpc) is 3.27. The van der Waals surface area contributed by atoms with Gasteiger partial charge in [0.05, 0.1) is 24.1 Å². The second-order valence-electron chi connectivity index (χ2n) is 14.7. The summed E-state index contributed by atoms with van der Waals surface area (Å²) in [6.07, 6.45) is 5.78. The van der Waals surface area contributed by atoms with Crippen LogP contribution in [0.1, 0.15) is 84.1 Å². The summed E-state index contributed by atoms with van der Waals surface area (Å²) in [6.45, 7) is 6.70. The van der Waals surface area contributed by atoms with Gasteiger partial charge in [0.1, 0.15) is 0 Å². The highest BCUT2D eigenvalue weighted by Crippen LogP contribution is 2.68. The van der Waals surface area contributed by atoms with E-state index in [2.05, 4.69) is 26.1 Å². The number of fused-ring (bicyclic) bond motifs is 5. The number of benzene rings is 1. The molecule has 5 N–H and O–H groups in total. The molecular weight excluding hydrogens is 554 g/mol. The number of nitrogens with one attached hydrogen (secondary N) is 1. The van der Waals surface area contributed by atoms with Gasteiger partial charge in [0.15, 0.2) is 0 Å². The Labute approximate surface area is 251 Å². The van der Waals surface area contributed by atoms with Crippen molar-refractivity contribution in [2.45, 2.75) is 109 Å². The monoisotopic (exact) mass is 605 g/mol. The lowest BCUT2D eigenvalue weighted by Gasteiger charge is -2.63. The first kappa shape index (κ1) is 31.9. The fourth-order valence-electron chi connectivity index (χ4n) is 10.3. The number of carbonyl (C=O) groups is 1. The third-order valence-electron chi connectivity index (χ3n) is 12.4. The number of rotatable bonds is 9. The largest absolute Gasteiger partial charge is 0.393 e. The molecule has 4 saturated carbocycles. The van der Waals surface area contributed by atoms with E-state index in [-0.39, 0.29) is 64.8 Å². The number of hydrogen-bond acceptors (Lipinski definition) is 6. The predicted octanol–water partition coefficient (Wildman–Crippen LogP) is 3.98. The van der Waals surface area contributed by atoms with Gasteiger partial charge in [-0.3, -0.25) is 9.35 Å². The van der Waals surface area contributed by atoms with Crippen LogP contribution in [-0.2, 0) is 21.3 Å². The van der Waals surface area contributed by atoms with Gasteiger partial charge in [-0.1, -0.05) is 51.1 Å². The molecule has 8 nitrogen and oxygen atoms in total. The van der Waals surface area contributed by atoms with Crippen molar-refractivity contribution in [1.29, 1.82) is 0 Å². The van der Waals surface area contributed by atoms with Crippen molar-refractivity contribution >= 4 is 16.0 Å². The molecule has 0 aliphatic heterocycles. The summed E-state index contributed by atoms with van der Waals surface area (Å²) in [5.41, 5.74) is 0.575. The van der Waals surface area contributed by atoms with Gasteiger partial charge >= 0.3 is 0 Å². The van der Waals surface area contributed by atoms with Crippen LogP contribution < -0.4 is 5.32 Å². The second-order valence-corrected chi connectivity index (χ2v) is 16.2. The Kier molecular flexibility index (Phi) is 9.19. The van der Waals surface area contributed by atoms with Crippen LogP contribution in [0.4, 0.5) is 0 Å². The highest BCUT2D eigenvalue weighted by molar-refractivity contribution is 7.85. The Morgan fingerprint density at radius 2 is 1.74 bits per heavy atom. The van der Waals surface area contributed by atoms with Crippen molar-refractivity contribution in [2.75, 3.05) is 5.75 Å². The SMILES string of the molecule is C[C@H](CCC(=O)N[C@@H](Cc1ccccc1)CS(=O)(=O)O)[C@H]1CC[C@H]2[C@@H]3[C@H](O)C[C@@H]4C[C@H](O)CC[C@]4(C)[C@H]3C[C@H](O)[C@]12C. The smallest absolute Gasteiger partial charge is 0.266 e. The van der Waals surface area contributed by atoms with Crippen molar-refractivity contribution in [2.24, 2.45) is 46.3 Å². The lowest BCUT2D eigenvalue weighted by Crippen LogP contribution is -2.62. The maximum Gasteiger partial charge on any atom is 0.266 e. The van der Waals surface area contributed by atoms with Gasteiger partial charge in [0.25, 0.3) is 10.1 Å². The van der Waals surface area contributed by atoms with Crippen LogP contribution in [0.15, 0.2) is 30.3 Å². The minimum Gasteiger partial charge on any atom is -0.393 e. The van der Waals surface area contributed by atoms with Gasteiger partial charge in [-0.25, -0.2) is 0 Å². The Morgan fingerprint density at radius 3 is 2.43 bits per heavy atom. The van der Waals surface area contributed by atoms with Crippen molar-refractivity contribution in [1.82, 2.24) is 5.32 Å². The number of carbonyl (C=O) groups excluding carboxylic acids is 1. The number of aliphatic hydroxyl groups excluding tert-OH is 3. The van der Waals surface area contributed by atoms with Crippen LogP contribution in [0.25, 0.3) is 0 Å². The molecule has 9 heteroatoms. The zero-order valence-corrected chi connectivity index (χ0v) is 26.2. The van der Waals surface area contributed by atoms with E-state index in [1.807, 2.05) is 30.3 Å². The maximum atomic E-state index is 13.0. The normalized spacial score (nSPS) is 41.2. The molecule has 42 heavy (non-hydrogen) atoms. The first-order chi connectivity index (χ1) is 19.7. The average molecular weight is 606 g/mol. The Hall–Kier alpha value is -1.52. The van der Waals surface area contributed by atoms with E-state index >= 15 is 0 Å². The quantitative estimate of drug-likeness (QED) is 0.268. The Balaban J connectivity index is 1.24. The standard InChI is InChI=1S/C33H51NO7S/c1-20(9-12-30(38)34-23(19-42(39,40)41)15-21-7-5-4-6-8-21)25-10-11-26-31-27(18-29(37)33(25,26)3)32(2)14-13-24(35)16-22(32)17-28(31)36/h4-8,20,22-29,31,35-37H,9-19H2,1-3H3,(H,34,38)(H,39,40,41)/t20-,22+,23+,24-,25-,26+,27+,28-,29+,31+,32+,33-/m1/s1. The van der Waals surface area contributed by atoms with E-state index in [1.54, 1.807) is 0 Å². The molecule has 12 atom stereocenters. The molecule has 236 valence electrons. The fraction of sp³-hybridized carbons (Fsp3) is 0.788. The second kappa shape index (κ2) is 12.1. The molecule has 0 saturated heterocycles. The summed E-state index contributed by atoms with van der Waals surface area (Å²) in [7, 11) is -4.27. The van der Waals surface area contributed by atoms with Gasteiger partial charge < -0.3 is 20.6 Å². The van der Waals surface area contributed by atoms with Gasteiger partial charge in [-0.2, -0.15) is 8.42 Å². The first-order valence-corrected chi connectivity index (χ1v) is 17.7. The van der Waals surface area contributed by atoms with Gasteiger partial charge in [-0.15, -0.1) is 0 Å². The van der Waals surface area contributed by atoms with Crippen LogP contribution >= 0.6 is 0 Å². The summed E-state index contributed by atoms with van der Waals surface area (Å²) in [4.78, 5) is 13.0. The fourth-order valence-corrected chi connectivity index (χ4v) is 11.0. The highest BCUT2D eigenvalue weighted by atomic mass is 32.2. The molecule has 0 unspecified atom stereocenters. The van der Waals surface area contributed by atoms with Crippen molar-refractivity contribution in [3.63, 3.8) is 0 Å². The highest BCUT2D eigenvalue weighted by Gasteiger charge is 2.65. The molecular formula is C33H51NO7S. The Bertz CT molecular complexity index is 1210. The van der Waals surface area contributed by atoms with E-state index in [1.165, 1.54) is 0 Å². The van der Waals surface area contributed by atoms with Crippen LogP contribution in [0.3, 0.4) is 0 Å². The summed E-state index contributed by atoms with van der Waals surface area (Å²) in [5, 5.41) is 36.5. The van der Waals surface area contributed by atoms with Crippen LogP contribution in [0.2, 0.25) is 0 Å². The van der Waals surface area contributed by atoms with Crippen LogP contribution in [-0.4, -0.2) is 64.3 Å². The Morgan fingerprint density at radius 1 is 1.02 bits per heavy atom. The lowest BCUT2D eigenvalue weighted by atomic mass is 9.43. The zero-order chi connectivity index (χ0) is 30.4. The van der Waals surface area contributed by atoms with Gasteiger partial charge in [0.2, 0.25) is 5.91 Å². The summed E-state index contributed by atoms with van der Waals surface area (Å²) >= 11 is 0. The van der Waals surface area contributed by atoms with Gasteiger partial charge in [-0.05, 0) is 110 Å². The van der Waals surface area contributed by atoms with E-state index in [9.17, 15) is 33.1 Å². The molecule has 1 aromatic rings. The number of hydrogen-bond donors (Lipinski definition) is 5. The third-order valence-corrected chi connectivity index (χ3v) is 13.3. The lowest BCUT2D eigenvalue weighted by molar-refractivity contribution is -0.207. The molecule has 0 heterocycles. The molecule has 0 bridgehead atoms. The molecule has 0 radical (unpaired) electrons. The topological polar surface area (TPSA) is 144 Å². The third kappa shape index (κ3) is 6.19. The number of amides is 1. The number of aliphatic hydroxyl groups is 3. The minimum atomic E-state index is -4.27.